The molecule has 0 bridgehead atoms. The molecule has 2 atom stereocenters. The van der Waals surface area contributed by atoms with Crippen LogP contribution in [0.15, 0.2) is 24.3 Å². The molecule has 1 N–H and O–H groups in total. The zero-order chi connectivity index (χ0) is 13.1. The van der Waals surface area contributed by atoms with Gasteiger partial charge in [-0.15, -0.1) is 11.3 Å². The van der Waals surface area contributed by atoms with E-state index in [1.807, 2.05) is 18.4 Å². The number of rotatable bonds is 5. The predicted molar refractivity (Wildman–Crippen MR) is 79.7 cm³/mol. The molecule has 1 aliphatic heterocycles. The van der Waals surface area contributed by atoms with E-state index in [2.05, 4.69) is 29.6 Å². The molecule has 0 amide bonds. The van der Waals surface area contributed by atoms with Crippen molar-refractivity contribution in [2.24, 2.45) is 5.92 Å². The van der Waals surface area contributed by atoms with Crippen molar-refractivity contribution >= 4 is 21.6 Å². The van der Waals surface area contributed by atoms with Crippen LogP contribution in [-0.4, -0.2) is 31.3 Å². The molecule has 1 aliphatic rings. The summed E-state index contributed by atoms with van der Waals surface area (Å²) < 4.78 is 6.75. The van der Waals surface area contributed by atoms with E-state index in [1.54, 1.807) is 0 Å². The fourth-order valence-corrected chi connectivity index (χ4v) is 3.74. The van der Waals surface area contributed by atoms with Crippen LogP contribution in [-0.2, 0) is 11.2 Å². The molecule has 1 fully saturated rings. The lowest BCUT2D eigenvalue weighted by atomic mass is 9.97. The smallest absolute Gasteiger partial charge is 0.0954 e. The van der Waals surface area contributed by atoms with Gasteiger partial charge < -0.3 is 10.1 Å². The summed E-state index contributed by atoms with van der Waals surface area (Å²) in [6, 6.07) is 8.88. The van der Waals surface area contributed by atoms with Gasteiger partial charge in [-0.3, -0.25) is 0 Å². The normalized spacial score (nSPS) is 21.0. The van der Waals surface area contributed by atoms with E-state index in [1.165, 1.54) is 22.5 Å². The maximum absolute atomic E-state index is 5.46. The van der Waals surface area contributed by atoms with Gasteiger partial charge >= 0.3 is 0 Å². The second-order valence-electron chi connectivity index (χ2n) is 5.23. The molecule has 0 radical (unpaired) electrons. The van der Waals surface area contributed by atoms with E-state index in [9.17, 15) is 0 Å². The van der Waals surface area contributed by atoms with Crippen LogP contribution in [0.2, 0.25) is 0 Å². The fraction of sp³-hybridized carbons (Fsp3) is 0.533. The molecule has 3 rings (SSSR count). The molecule has 0 saturated carbocycles. The predicted octanol–water partition coefficient (Wildman–Crippen LogP) is 2.85. The summed E-state index contributed by atoms with van der Waals surface area (Å²) in [5, 5.41) is 4.67. The SMILES string of the molecule is CNC(Cc1nc2ccccc2s1)CC1CCOC1. The van der Waals surface area contributed by atoms with Crippen molar-refractivity contribution in [1.82, 2.24) is 10.3 Å². The molecule has 102 valence electrons. The average Bonchev–Trinajstić information content (AvgIpc) is 3.06. The summed E-state index contributed by atoms with van der Waals surface area (Å²) in [5.41, 5.74) is 1.13. The topological polar surface area (TPSA) is 34.2 Å². The van der Waals surface area contributed by atoms with Crippen molar-refractivity contribution in [2.75, 3.05) is 20.3 Å². The first-order chi connectivity index (χ1) is 9.35. The van der Waals surface area contributed by atoms with Gasteiger partial charge in [0.25, 0.3) is 0 Å². The zero-order valence-corrected chi connectivity index (χ0v) is 12.1. The number of likely N-dealkylation sites (N-methyl/N-ethyl adjacent to an activating group) is 1. The van der Waals surface area contributed by atoms with Crippen LogP contribution in [0.3, 0.4) is 0 Å². The highest BCUT2D eigenvalue weighted by molar-refractivity contribution is 7.18. The highest BCUT2D eigenvalue weighted by Gasteiger charge is 2.21. The highest BCUT2D eigenvalue weighted by atomic mass is 32.1. The van der Waals surface area contributed by atoms with E-state index in [-0.39, 0.29) is 0 Å². The number of para-hydroxylation sites is 1. The van der Waals surface area contributed by atoms with Gasteiger partial charge in [0, 0.05) is 25.7 Å². The lowest BCUT2D eigenvalue weighted by Gasteiger charge is -2.18. The molecule has 3 nitrogen and oxygen atoms in total. The van der Waals surface area contributed by atoms with Gasteiger partial charge in [-0.2, -0.15) is 0 Å². The molecule has 4 heteroatoms. The Labute approximate surface area is 118 Å². The third kappa shape index (κ3) is 3.14. The third-order valence-corrected chi connectivity index (χ3v) is 4.87. The van der Waals surface area contributed by atoms with E-state index < -0.39 is 0 Å². The maximum atomic E-state index is 5.46. The van der Waals surface area contributed by atoms with Crippen molar-refractivity contribution in [3.63, 3.8) is 0 Å². The average molecular weight is 276 g/mol. The van der Waals surface area contributed by atoms with Gasteiger partial charge in [-0.05, 0) is 37.9 Å². The van der Waals surface area contributed by atoms with Crippen molar-refractivity contribution in [3.8, 4) is 0 Å². The standard InChI is InChI=1S/C15H20N2OS/c1-16-12(8-11-6-7-18-10-11)9-15-17-13-4-2-3-5-14(13)19-15/h2-5,11-12,16H,6-10H2,1H3. The van der Waals surface area contributed by atoms with E-state index >= 15 is 0 Å². The third-order valence-electron chi connectivity index (χ3n) is 3.81. The molecular weight excluding hydrogens is 256 g/mol. The second kappa shape index (κ2) is 5.99. The van der Waals surface area contributed by atoms with Crippen molar-refractivity contribution in [2.45, 2.75) is 25.3 Å². The molecule has 2 heterocycles. The van der Waals surface area contributed by atoms with Gasteiger partial charge in [-0.1, -0.05) is 12.1 Å². The Bertz CT molecular complexity index is 501. The number of benzene rings is 1. The molecule has 2 unspecified atom stereocenters. The summed E-state index contributed by atoms with van der Waals surface area (Å²) in [5.74, 6) is 0.715. The van der Waals surface area contributed by atoms with Crippen LogP contribution in [0.4, 0.5) is 0 Å². The van der Waals surface area contributed by atoms with Crippen LogP contribution < -0.4 is 5.32 Å². The Morgan fingerprint density at radius 3 is 3.11 bits per heavy atom. The van der Waals surface area contributed by atoms with E-state index in [4.69, 9.17) is 9.72 Å². The first-order valence-corrected chi connectivity index (χ1v) is 7.76. The van der Waals surface area contributed by atoms with Gasteiger partial charge in [0.15, 0.2) is 0 Å². The van der Waals surface area contributed by atoms with E-state index in [0.29, 0.717) is 12.0 Å². The minimum absolute atomic E-state index is 0.507. The highest BCUT2D eigenvalue weighted by Crippen LogP contribution is 2.25. The molecule has 2 aromatic rings. The van der Waals surface area contributed by atoms with Crippen LogP contribution in [0, 0.1) is 5.92 Å². The van der Waals surface area contributed by atoms with Crippen molar-refractivity contribution in [1.29, 1.82) is 0 Å². The Hall–Kier alpha value is -0.970. The van der Waals surface area contributed by atoms with Crippen LogP contribution in [0.5, 0.6) is 0 Å². The van der Waals surface area contributed by atoms with Gasteiger partial charge in [0.1, 0.15) is 0 Å². The Morgan fingerprint density at radius 2 is 2.37 bits per heavy atom. The summed E-state index contributed by atoms with van der Waals surface area (Å²) in [4.78, 5) is 4.72. The molecule has 0 aliphatic carbocycles. The number of nitrogens with zero attached hydrogens (tertiary/aromatic N) is 1. The quantitative estimate of drug-likeness (QED) is 0.912. The minimum Gasteiger partial charge on any atom is -0.381 e. The van der Waals surface area contributed by atoms with Crippen molar-refractivity contribution < 1.29 is 4.74 Å². The summed E-state index contributed by atoms with van der Waals surface area (Å²) in [6.45, 7) is 1.86. The maximum Gasteiger partial charge on any atom is 0.0954 e. The van der Waals surface area contributed by atoms with Gasteiger partial charge in [-0.25, -0.2) is 4.98 Å². The Kier molecular flexibility index (Phi) is 4.11. The van der Waals surface area contributed by atoms with Gasteiger partial charge in [0.05, 0.1) is 15.2 Å². The van der Waals surface area contributed by atoms with Crippen LogP contribution in [0.1, 0.15) is 17.8 Å². The number of nitrogens with one attached hydrogen (secondary N) is 1. The molecule has 0 spiro atoms. The molecule has 19 heavy (non-hydrogen) atoms. The number of thiazole rings is 1. The monoisotopic (exact) mass is 276 g/mol. The number of hydrogen-bond donors (Lipinski definition) is 1. The summed E-state index contributed by atoms with van der Waals surface area (Å²) in [6.07, 6.45) is 3.41. The number of hydrogen-bond acceptors (Lipinski definition) is 4. The number of fused-ring (bicyclic) bond motifs is 1. The van der Waals surface area contributed by atoms with Crippen molar-refractivity contribution in [3.05, 3.63) is 29.3 Å². The molecule has 1 aromatic heterocycles. The first-order valence-electron chi connectivity index (χ1n) is 6.94. The Morgan fingerprint density at radius 1 is 1.47 bits per heavy atom. The van der Waals surface area contributed by atoms with Crippen LogP contribution >= 0.6 is 11.3 Å². The summed E-state index contributed by atoms with van der Waals surface area (Å²) in [7, 11) is 2.05. The molecule has 1 saturated heterocycles. The zero-order valence-electron chi connectivity index (χ0n) is 11.3. The largest absolute Gasteiger partial charge is 0.381 e. The van der Waals surface area contributed by atoms with Crippen LogP contribution in [0.25, 0.3) is 10.2 Å². The second-order valence-corrected chi connectivity index (χ2v) is 6.35. The minimum atomic E-state index is 0.507. The van der Waals surface area contributed by atoms with E-state index in [0.717, 1.165) is 25.2 Å². The Balaban J connectivity index is 1.67. The lowest BCUT2D eigenvalue weighted by molar-refractivity contribution is 0.181. The molecule has 1 aromatic carbocycles. The molecular formula is C15H20N2OS. The summed E-state index contributed by atoms with van der Waals surface area (Å²) >= 11 is 1.82. The fourth-order valence-electron chi connectivity index (χ4n) is 2.69. The first kappa shape index (κ1) is 13.0. The van der Waals surface area contributed by atoms with Gasteiger partial charge in [0.2, 0.25) is 0 Å². The lowest BCUT2D eigenvalue weighted by Crippen LogP contribution is -2.30. The number of ether oxygens (including phenoxy) is 1. The number of aromatic nitrogens is 1.